The average Bonchev–Trinajstić information content (AvgIpc) is 2.62. The van der Waals surface area contributed by atoms with E-state index in [1.807, 2.05) is 6.92 Å². The summed E-state index contributed by atoms with van der Waals surface area (Å²) in [5.74, 6) is 0.115. The molecule has 0 N–H and O–H groups in total. The number of ether oxygens (including phenoxy) is 2. The first kappa shape index (κ1) is 18.8. The molecule has 0 aromatic heterocycles. The molecule has 0 fully saturated rings. The van der Waals surface area contributed by atoms with Gasteiger partial charge in [-0.05, 0) is 56.3 Å². The standard InChI is InChI=1S/C18H21NO5S/c1-4-23-16-9-11-17(12-10-16)25(21,22)19(3)15-8-6-7-14(13-15)18(20)24-5-2/h6-13H,4-5H2,1-3H3. The van der Waals surface area contributed by atoms with Gasteiger partial charge in [-0.3, -0.25) is 4.31 Å². The quantitative estimate of drug-likeness (QED) is 0.707. The van der Waals surface area contributed by atoms with Crippen LogP contribution in [0.5, 0.6) is 5.75 Å². The fourth-order valence-electron chi connectivity index (χ4n) is 2.21. The molecular weight excluding hydrogens is 342 g/mol. The van der Waals surface area contributed by atoms with Crippen LogP contribution in [0.1, 0.15) is 24.2 Å². The second-order valence-electron chi connectivity index (χ2n) is 5.15. The molecule has 0 saturated carbocycles. The van der Waals surface area contributed by atoms with Crippen molar-refractivity contribution < 1.29 is 22.7 Å². The number of benzene rings is 2. The van der Waals surface area contributed by atoms with Crippen molar-refractivity contribution in [1.82, 2.24) is 0 Å². The van der Waals surface area contributed by atoms with E-state index in [9.17, 15) is 13.2 Å². The first-order chi connectivity index (χ1) is 11.9. The van der Waals surface area contributed by atoms with Crippen molar-refractivity contribution in [2.45, 2.75) is 18.7 Å². The topological polar surface area (TPSA) is 72.9 Å². The Morgan fingerprint density at radius 3 is 2.32 bits per heavy atom. The number of sulfonamides is 1. The minimum atomic E-state index is -3.75. The largest absolute Gasteiger partial charge is 0.494 e. The number of carbonyl (C=O) groups is 1. The normalized spacial score (nSPS) is 11.0. The molecule has 2 aromatic rings. The van der Waals surface area contributed by atoms with Crippen molar-refractivity contribution in [2.75, 3.05) is 24.6 Å². The molecule has 0 unspecified atom stereocenters. The molecule has 0 radical (unpaired) electrons. The van der Waals surface area contributed by atoms with E-state index >= 15 is 0 Å². The number of carbonyl (C=O) groups excluding carboxylic acids is 1. The molecule has 0 aliphatic carbocycles. The van der Waals surface area contributed by atoms with Crippen LogP contribution in [0, 0.1) is 0 Å². The summed E-state index contributed by atoms with van der Waals surface area (Å²) in [6.07, 6.45) is 0. The zero-order valence-corrected chi connectivity index (χ0v) is 15.2. The SMILES string of the molecule is CCOC(=O)c1cccc(N(C)S(=O)(=O)c2ccc(OCC)cc2)c1. The molecule has 2 aromatic carbocycles. The highest BCUT2D eigenvalue weighted by Crippen LogP contribution is 2.24. The van der Waals surface area contributed by atoms with Crippen LogP contribution < -0.4 is 9.04 Å². The van der Waals surface area contributed by atoms with Gasteiger partial charge in [-0.2, -0.15) is 0 Å². The molecule has 0 aliphatic heterocycles. The molecule has 0 bridgehead atoms. The zero-order chi connectivity index (χ0) is 18.4. The summed E-state index contributed by atoms with van der Waals surface area (Å²) in [6.45, 7) is 4.33. The average molecular weight is 363 g/mol. The molecule has 7 heteroatoms. The fourth-order valence-corrected chi connectivity index (χ4v) is 3.40. The minimum Gasteiger partial charge on any atom is -0.494 e. The lowest BCUT2D eigenvalue weighted by atomic mass is 10.2. The third kappa shape index (κ3) is 4.30. The number of hydrogen-bond acceptors (Lipinski definition) is 5. The van der Waals surface area contributed by atoms with Crippen LogP contribution in [0.2, 0.25) is 0 Å². The monoisotopic (exact) mass is 363 g/mol. The molecule has 0 saturated heterocycles. The van der Waals surface area contributed by atoms with Crippen molar-refractivity contribution in [3.8, 4) is 5.75 Å². The maximum absolute atomic E-state index is 12.8. The maximum Gasteiger partial charge on any atom is 0.338 e. The van der Waals surface area contributed by atoms with Gasteiger partial charge in [0.15, 0.2) is 0 Å². The minimum absolute atomic E-state index is 0.139. The Labute approximate surface area is 148 Å². The van der Waals surface area contributed by atoms with Crippen LogP contribution in [-0.2, 0) is 14.8 Å². The van der Waals surface area contributed by atoms with Crippen LogP contribution in [0.3, 0.4) is 0 Å². The Hall–Kier alpha value is -2.54. The van der Waals surface area contributed by atoms with Gasteiger partial charge < -0.3 is 9.47 Å². The summed E-state index contributed by atoms with van der Waals surface area (Å²) in [4.78, 5) is 12.0. The van der Waals surface area contributed by atoms with Gasteiger partial charge in [0, 0.05) is 7.05 Å². The number of anilines is 1. The molecule has 134 valence electrons. The van der Waals surface area contributed by atoms with Crippen LogP contribution >= 0.6 is 0 Å². The molecule has 25 heavy (non-hydrogen) atoms. The van der Waals surface area contributed by atoms with Gasteiger partial charge in [0.2, 0.25) is 0 Å². The van der Waals surface area contributed by atoms with Crippen LogP contribution in [0.25, 0.3) is 0 Å². The zero-order valence-electron chi connectivity index (χ0n) is 14.4. The molecule has 2 rings (SSSR count). The van der Waals surface area contributed by atoms with Gasteiger partial charge >= 0.3 is 5.97 Å². The number of nitrogens with zero attached hydrogens (tertiary/aromatic N) is 1. The van der Waals surface area contributed by atoms with Crippen LogP contribution in [0.15, 0.2) is 53.4 Å². The van der Waals surface area contributed by atoms with Crippen molar-refractivity contribution in [2.24, 2.45) is 0 Å². The molecule has 0 amide bonds. The Bertz CT molecular complexity index is 831. The van der Waals surface area contributed by atoms with Gasteiger partial charge in [0.1, 0.15) is 5.75 Å². The third-order valence-electron chi connectivity index (χ3n) is 3.51. The number of rotatable bonds is 7. The molecule has 0 aliphatic rings. The van der Waals surface area contributed by atoms with E-state index in [4.69, 9.17) is 9.47 Å². The van der Waals surface area contributed by atoms with Crippen molar-refractivity contribution in [1.29, 1.82) is 0 Å². The van der Waals surface area contributed by atoms with E-state index in [1.165, 1.54) is 25.2 Å². The lowest BCUT2D eigenvalue weighted by Crippen LogP contribution is -2.26. The first-order valence-corrected chi connectivity index (χ1v) is 9.33. The van der Waals surface area contributed by atoms with Gasteiger partial charge in [-0.15, -0.1) is 0 Å². The van der Waals surface area contributed by atoms with Gasteiger partial charge in [-0.25, -0.2) is 13.2 Å². The fraction of sp³-hybridized carbons (Fsp3) is 0.278. The molecule has 6 nitrogen and oxygen atoms in total. The molecule has 0 atom stereocenters. The Morgan fingerprint density at radius 1 is 1.04 bits per heavy atom. The third-order valence-corrected chi connectivity index (χ3v) is 5.31. The summed E-state index contributed by atoms with van der Waals surface area (Å²) in [5, 5.41) is 0. The second-order valence-corrected chi connectivity index (χ2v) is 7.12. The summed E-state index contributed by atoms with van der Waals surface area (Å²) in [5.41, 5.74) is 0.674. The highest BCUT2D eigenvalue weighted by atomic mass is 32.2. The van der Waals surface area contributed by atoms with Gasteiger partial charge in [0.25, 0.3) is 10.0 Å². The van der Waals surface area contributed by atoms with Gasteiger partial charge in [-0.1, -0.05) is 6.07 Å². The lowest BCUT2D eigenvalue weighted by Gasteiger charge is -2.20. The van der Waals surface area contributed by atoms with E-state index in [0.717, 1.165) is 4.31 Å². The van der Waals surface area contributed by atoms with E-state index in [0.29, 0.717) is 23.6 Å². The van der Waals surface area contributed by atoms with Crippen LogP contribution in [-0.4, -0.2) is 34.6 Å². The predicted octanol–water partition coefficient (Wildman–Crippen LogP) is 3.09. The Balaban J connectivity index is 2.30. The summed E-state index contributed by atoms with van der Waals surface area (Å²) in [6, 6.07) is 12.5. The maximum atomic E-state index is 12.8. The van der Waals surface area contributed by atoms with E-state index in [-0.39, 0.29) is 11.5 Å². The molecule has 0 spiro atoms. The Morgan fingerprint density at radius 2 is 1.72 bits per heavy atom. The van der Waals surface area contributed by atoms with E-state index < -0.39 is 16.0 Å². The highest BCUT2D eigenvalue weighted by molar-refractivity contribution is 7.92. The number of esters is 1. The van der Waals surface area contributed by atoms with E-state index in [1.54, 1.807) is 37.3 Å². The molecule has 0 heterocycles. The number of hydrogen-bond donors (Lipinski definition) is 0. The van der Waals surface area contributed by atoms with Crippen LogP contribution in [0.4, 0.5) is 5.69 Å². The lowest BCUT2D eigenvalue weighted by molar-refractivity contribution is 0.0526. The van der Waals surface area contributed by atoms with Crippen molar-refractivity contribution in [3.63, 3.8) is 0 Å². The summed E-state index contributed by atoms with van der Waals surface area (Å²) < 4.78 is 37.0. The Kier molecular flexibility index (Phi) is 6.03. The van der Waals surface area contributed by atoms with Gasteiger partial charge in [0.05, 0.1) is 29.4 Å². The van der Waals surface area contributed by atoms with Crippen molar-refractivity contribution in [3.05, 3.63) is 54.1 Å². The second kappa shape index (κ2) is 8.02. The smallest absolute Gasteiger partial charge is 0.338 e. The first-order valence-electron chi connectivity index (χ1n) is 7.89. The summed E-state index contributed by atoms with van der Waals surface area (Å²) in [7, 11) is -2.31. The van der Waals surface area contributed by atoms with Crippen molar-refractivity contribution >= 4 is 21.7 Å². The predicted molar refractivity (Wildman–Crippen MR) is 95.6 cm³/mol. The highest BCUT2D eigenvalue weighted by Gasteiger charge is 2.22. The van der Waals surface area contributed by atoms with E-state index in [2.05, 4.69) is 0 Å². The molecular formula is C18H21NO5S. The summed E-state index contributed by atoms with van der Waals surface area (Å²) >= 11 is 0.